The van der Waals surface area contributed by atoms with Crippen LogP contribution in [0.3, 0.4) is 0 Å². The summed E-state index contributed by atoms with van der Waals surface area (Å²) in [4.78, 5) is 0. The van der Waals surface area contributed by atoms with Gasteiger partial charge in [-0.15, -0.1) is 0 Å². The topological polar surface area (TPSA) is 41.7 Å². The summed E-state index contributed by atoms with van der Waals surface area (Å²) in [5, 5.41) is 12.8. The monoisotopic (exact) mass is 257 g/mol. The summed E-state index contributed by atoms with van der Waals surface area (Å²) in [6.45, 7) is 5.85. The minimum atomic E-state index is 0.445. The average molecular weight is 257 g/mol. The molecule has 3 heteroatoms. The number of allylic oxidation sites excluding steroid dienone is 3. The zero-order valence-corrected chi connectivity index (χ0v) is 11.8. The molecule has 2 rings (SSSR count). The normalized spacial score (nSPS) is 14.6. The Labute approximate surface area is 115 Å². The first-order valence-electron chi connectivity index (χ1n) is 7.25. The Balaban J connectivity index is 2.35. The van der Waals surface area contributed by atoms with E-state index < -0.39 is 0 Å². The van der Waals surface area contributed by atoms with Crippen molar-refractivity contribution in [3.8, 4) is 0 Å². The molecule has 0 aliphatic heterocycles. The Bertz CT molecular complexity index is 494. The Morgan fingerprint density at radius 3 is 2.95 bits per heavy atom. The number of fused-ring (bicyclic) bond motifs is 1. The molecule has 0 radical (unpaired) electrons. The standard InChI is InChI=1S/C16H23N3/c1-3-5-11-15-13-9-7-8-10-14(13)18-19(15)16(17)12-6-4-2/h4,6,12,17H,2-3,5,7-11H2,1H3/b12-6-,17-16?. The van der Waals surface area contributed by atoms with Gasteiger partial charge >= 0.3 is 0 Å². The molecule has 0 saturated carbocycles. The molecule has 0 saturated heterocycles. The summed E-state index contributed by atoms with van der Waals surface area (Å²) in [7, 11) is 0. The van der Waals surface area contributed by atoms with Gasteiger partial charge < -0.3 is 0 Å². The van der Waals surface area contributed by atoms with Gasteiger partial charge in [0, 0.05) is 5.69 Å². The molecule has 1 aliphatic rings. The van der Waals surface area contributed by atoms with Crippen molar-refractivity contribution in [2.45, 2.75) is 51.9 Å². The second-order valence-corrected chi connectivity index (χ2v) is 5.07. The van der Waals surface area contributed by atoms with Gasteiger partial charge in [0.15, 0.2) is 0 Å². The molecule has 0 fully saturated rings. The van der Waals surface area contributed by atoms with Crippen LogP contribution in [0.5, 0.6) is 0 Å². The first-order chi connectivity index (χ1) is 9.27. The van der Waals surface area contributed by atoms with Crippen molar-refractivity contribution in [1.29, 1.82) is 5.41 Å². The number of nitrogens with zero attached hydrogens (tertiary/aromatic N) is 2. The van der Waals surface area contributed by atoms with Gasteiger partial charge in [0.25, 0.3) is 0 Å². The predicted octanol–water partition coefficient (Wildman–Crippen LogP) is 3.67. The summed E-state index contributed by atoms with van der Waals surface area (Å²) in [6.07, 6.45) is 13.3. The lowest BCUT2D eigenvalue weighted by atomic mass is 9.94. The van der Waals surface area contributed by atoms with Gasteiger partial charge in [0.2, 0.25) is 0 Å². The highest BCUT2D eigenvalue weighted by Crippen LogP contribution is 2.25. The van der Waals surface area contributed by atoms with E-state index in [-0.39, 0.29) is 0 Å². The lowest BCUT2D eigenvalue weighted by Crippen LogP contribution is -2.13. The maximum Gasteiger partial charge on any atom is 0.146 e. The van der Waals surface area contributed by atoms with Gasteiger partial charge in [-0.05, 0) is 50.2 Å². The van der Waals surface area contributed by atoms with Crippen molar-refractivity contribution in [3.63, 3.8) is 0 Å². The molecule has 1 aromatic rings. The van der Waals surface area contributed by atoms with E-state index in [4.69, 9.17) is 5.41 Å². The maximum absolute atomic E-state index is 8.16. The highest BCUT2D eigenvalue weighted by Gasteiger charge is 2.21. The summed E-state index contributed by atoms with van der Waals surface area (Å²) in [6, 6.07) is 0. The molecule has 0 aromatic carbocycles. The number of hydrogen-bond acceptors (Lipinski definition) is 2. The highest BCUT2D eigenvalue weighted by atomic mass is 15.3. The minimum absolute atomic E-state index is 0.445. The fourth-order valence-electron chi connectivity index (χ4n) is 2.65. The van der Waals surface area contributed by atoms with E-state index in [1.807, 2.05) is 4.68 Å². The van der Waals surface area contributed by atoms with E-state index in [1.165, 1.54) is 36.2 Å². The fraction of sp³-hybridized carbons (Fsp3) is 0.500. The maximum atomic E-state index is 8.16. The van der Waals surface area contributed by atoms with Crippen LogP contribution >= 0.6 is 0 Å². The number of nitrogens with one attached hydrogen (secondary N) is 1. The number of aromatic nitrogens is 2. The van der Waals surface area contributed by atoms with Crippen LogP contribution in [0.1, 0.15) is 49.6 Å². The van der Waals surface area contributed by atoms with Crippen molar-refractivity contribution >= 4 is 5.84 Å². The van der Waals surface area contributed by atoms with Gasteiger partial charge in [0.05, 0.1) is 5.69 Å². The molecule has 1 aromatic heterocycles. The molecule has 102 valence electrons. The summed E-state index contributed by atoms with van der Waals surface area (Å²) < 4.78 is 1.84. The Kier molecular flexibility index (Phi) is 4.72. The third-order valence-corrected chi connectivity index (χ3v) is 3.65. The minimum Gasteiger partial charge on any atom is -0.283 e. The van der Waals surface area contributed by atoms with Crippen LogP contribution in [-0.4, -0.2) is 15.6 Å². The largest absolute Gasteiger partial charge is 0.283 e. The molecule has 1 heterocycles. The second-order valence-electron chi connectivity index (χ2n) is 5.07. The molecule has 0 unspecified atom stereocenters. The third kappa shape index (κ3) is 3.03. The molecular formula is C16H23N3. The quantitative estimate of drug-likeness (QED) is 0.488. The molecule has 19 heavy (non-hydrogen) atoms. The van der Waals surface area contributed by atoms with E-state index in [1.54, 1.807) is 18.2 Å². The number of rotatable bonds is 5. The lowest BCUT2D eigenvalue weighted by molar-refractivity contribution is 0.669. The van der Waals surface area contributed by atoms with E-state index in [0.717, 1.165) is 25.7 Å². The molecule has 1 N–H and O–H groups in total. The Morgan fingerprint density at radius 1 is 1.42 bits per heavy atom. The van der Waals surface area contributed by atoms with Crippen LogP contribution in [-0.2, 0) is 19.3 Å². The van der Waals surface area contributed by atoms with Crippen LogP contribution in [0.25, 0.3) is 0 Å². The first kappa shape index (κ1) is 13.8. The van der Waals surface area contributed by atoms with Crippen LogP contribution in [0.4, 0.5) is 0 Å². The van der Waals surface area contributed by atoms with Gasteiger partial charge in [-0.25, -0.2) is 4.68 Å². The van der Waals surface area contributed by atoms with Crippen LogP contribution in [0.2, 0.25) is 0 Å². The zero-order chi connectivity index (χ0) is 13.7. The van der Waals surface area contributed by atoms with E-state index in [9.17, 15) is 0 Å². The molecule has 0 bridgehead atoms. The summed E-state index contributed by atoms with van der Waals surface area (Å²) in [5.74, 6) is 0.445. The van der Waals surface area contributed by atoms with E-state index in [2.05, 4.69) is 18.6 Å². The molecule has 1 aliphatic carbocycles. The zero-order valence-electron chi connectivity index (χ0n) is 11.8. The van der Waals surface area contributed by atoms with Crippen molar-refractivity contribution in [3.05, 3.63) is 41.8 Å². The molecular weight excluding hydrogens is 234 g/mol. The van der Waals surface area contributed by atoms with Crippen molar-refractivity contribution < 1.29 is 0 Å². The number of hydrogen-bond donors (Lipinski definition) is 1. The number of aryl methyl sites for hydroxylation is 1. The molecule has 3 nitrogen and oxygen atoms in total. The second kappa shape index (κ2) is 6.50. The smallest absolute Gasteiger partial charge is 0.146 e. The van der Waals surface area contributed by atoms with Gasteiger partial charge in [-0.1, -0.05) is 32.1 Å². The van der Waals surface area contributed by atoms with Crippen LogP contribution in [0.15, 0.2) is 24.8 Å². The van der Waals surface area contributed by atoms with Gasteiger partial charge in [0.1, 0.15) is 5.84 Å². The molecule has 0 amide bonds. The van der Waals surface area contributed by atoms with E-state index >= 15 is 0 Å². The van der Waals surface area contributed by atoms with Gasteiger partial charge in [-0.3, -0.25) is 5.41 Å². The Hall–Kier alpha value is -1.64. The third-order valence-electron chi connectivity index (χ3n) is 3.65. The number of unbranched alkanes of at least 4 members (excludes halogenated alkanes) is 1. The van der Waals surface area contributed by atoms with Gasteiger partial charge in [-0.2, -0.15) is 5.10 Å². The van der Waals surface area contributed by atoms with Crippen molar-refractivity contribution in [2.24, 2.45) is 0 Å². The lowest BCUT2D eigenvalue weighted by Gasteiger charge is -2.11. The molecule has 0 atom stereocenters. The highest BCUT2D eigenvalue weighted by molar-refractivity contribution is 5.92. The Morgan fingerprint density at radius 2 is 2.21 bits per heavy atom. The predicted molar refractivity (Wildman–Crippen MR) is 79.9 cm³/mol. The molecule has 0 spiro atoms. The fourth-order valence-corrected chi connectivity index (χ4v) is 2.65. The van der Waals surface area contributed by atoms with Crippen molar-refractivity contribution in [1.82, 2.24) is 9.78 Å². The van der Waals surface area contributed by atoms with Crippen LogP contribution in [0, 0.1) is 5.41 Å². The van der Waals surface area contributed by atoms with E-state index in [0.29, 0.717) is 5.84 Å². The first-order valence-corrected chi connectivity index (χ1v) is 7.25. The van der Waals surface area contributed by atoms with Crippen LogP contribution < -0.4 is 0 Å². The SMILES string of the molecule is C=C/C=C\C(=N)n1nc2c(c1CCCC)CCCC2. The average Bonchev–Trinajstić information content (AvgIpc) is 2.81. The summed E-state index contributed by atoms with van der Waals surface area (Å²) >= 11 is 0. The summed E-state index contributed by atoms with van der Waals surface area (Å²) in [5.41, 5.74) is 3.89. The van der Waals surface area contributed by atoms with Crippen molar-refractivity contribution in [2.75, 3.05) is 0 Å².